The van der Waals surface area contributed by atoms with Gasteiger partial charge >= 0.3 is 0 Å². The van der Waals surface area contributed by atoms with Gasteiger partial charge in [0.1, 0.15) is 0 Å². The van der Waals surface area contributed by atoms with Gasteiger partial charge in [-0.3, -0.25) is 0 Å². The molecule has 0 fully saturated rings. The van der Waals surface area contributed by atoms with E-state index in [4.69, 9.17) is 0 Å². The van der Waals surface area contributed by atoms with E-state index in [0.29, 0.717) is 4.91 Å². The van der Waals surface area contributed by atoms with E-state index in [9.17, 15) is 4.21 Å². The van der Waals surface area contributed by atoms with Crippen LogP contribution in [-0.4, -0.2) is 4.21 Å². The molecule has 0 aliphatic rings. The Bertz CT molecular complexity index is 409. The fraction of sp³-hybridized carbons (Fsp3) is 0.231. The molecule has 1 atom stereocenters. The molecule has 1 nitrogen and oxygen atoms in total. The van der Waals surface area contributed by atoms with E-state index in [2.05, 4.69) is 6.58 Å². The van der Waals surface area contributed by atoms with Crippen LogP contribution in [0.3, 0.4) is 0 Å². The summed E-state index contributed by atoms with van der Waals surface area (Å²) in [7, 11) is -1.13. The van der Waals surface area contributed by atoms with Crippen LogP contribution in [0.15, 0.2) is 52.3 Å². The lowest BCUT2D eigenvalue weighted by molar-refractivity contribution is 0.687. The van der Waals surface area contributed by atoms with Gasteiger partial charge in [0, 0.05) is 9.80 Å². The van der Waals surface area contributed by atoms with E-state index in [1.165, 1.54) is 5.56 Å². The predicted octanol–water partition coefficient (Wildman–Crippen LogP) is 3.58. The second-order valence-electron chi connectivity index (χ2n) is 3.77. The summed E-state index contributed by atoms with van der Waals surface area (Å²) in [5.74, 6) is 0. The number of rotatable bonds is 3. The number of hydrogen-bond donors (Lipinski definition) is 0. The average Bonchev–Trinajstić information content (AvgIpc) is 2.17. The van der Waals surface area contributed by atoms with E-state index in [-0.39, 0.29) is 0 Å². The van der Waals surface area contributed by atoms with Gasteiger partial charge in [0.05, 0.1) is 10.8 Å². The molecular formula is C13H16OS. The molecule has 0 spiro atoms. The van der Waals surface area contributed by atoms with Crippen LogP contribution in [0.5, 0.6) is 0 Å². The van der Waals surface area contributed by atoms with Gasteiger partial charge in [0.15, 0.2) is 0 Å². The monoisotopic (exact) mass is 220 g/mol. The van der Waals surface area contributed by atoms with E-state index in [1.807, 2.05) is 51.1 Å². The van der Waals surface area contributed by atoms with E-state index in [1.54, 1.807) is 0 Å². The molecule has 0 heterocycles. The Hall–Kier alpha value is -1.15. The topological polar surface area (TPSA) is 17.1 Å². The summed E-state index contributed by atoms with van der Waals surface area (Å²) in [6.45, 7) is 9.77. The summed E-state index contributed by atoms with van der Waals surface area (Å²) in [5, 5.41) is 0. The van der Waals surface area contributed by atoms with Gasteiger partial charge in [-0.05, 0) is 39.0 Å². The first kappa shape index (κ1) is 11.9. The molecule has 0 radical (unpaired) electrons. The van der Waals surface area contributed by atoms with Gasteiger partial charge in [-0.1, -0.05) is 29.8 Å². The van der Waals surface area contributed by atoms with E-state index in [0.717, 1.165) is 10.5 Å². The molecule has 1 unspecified atom stereocenters. The van der Waals surface area contributed by atoms with Crippen LogP contribution in [0.1, 0.15) is 19.4 Å². The van der Waals surface area contributed by atoms with Crippen LogP contribution < -0.4 is 0 Å². The summed E-state index contributed by atoms with van der Waals surface area (Å²) >= 11 is 0. The minimum atomic E-state index is -1.13. The van der Waals surface area contributed by atoms with Crippen molar-refractivity contribution in [1.82, 2.24) is 0 Å². The Morgan fingerprint density at radius 1 is 1.27 bits per heavy atom. The zero-order valence-corrected chi connectivity index (χ0v) is 10.2. The lowest BCUT2D eigenvalue weighted by Crippen LogP contribution is -1.93. The van der Waals surface area contributed by atoms with Crippen LogP contribution in [0.4, 0.5) is 0 Å². The number of allylic oxidation sites excluding steroid dienone is 2. The minimum Gasteiger partial charge on any atom is -0.249 e. The first-order chi connectivity index (χ1) is 7.00. The number of benzene rings is 1. The Morgan fingerprint density at radius 2 is 1.80 bits per heavy atom. The Balaban J connectivity index is 2.91. The van der Waals surface area contributed by atoms with E-state index < -0.39 is 10.8 Å². The van der Waals surface area contributed by atoms with Gasteiger partial charge in [-0.15, -0.1) is 0 Å². The second-order valence-corrected chi connectivity index (χ2v) is 5.30. The molecule has 0 amide bonds. The molecule has 0 aliphatic carbocycles. The molecule has 80 valence electrons. The van der Waals surface area contributed by atoms with Crippen LogP contribution >= 0.6 is 0 Å². The van der Waals surface area contributed by atoms with Crippen molar-refractivity contribution in [2.75, 3.05) is 0 Å². The first-order valence-corrected chi connectivity index (χ1v) is 5.98. The average molecular weight is 220 g/mol. The molecule has 0 aromatic heterocycles. The SMILES string of the molecule is C=C(C=C(C)C)S(=O)c1ccc(C)cc1. The maximum Gasteiger partial charge on any atom is 0.0843 e. The van der Waals surface area contributed by atoms with Crippen molar-refractivity contribution in [3.8, 4) is 0 Å². The van der Waals surface area contributed by atoms with Crippen LogP contribution in [0.2, 0.25) is 0 Å². The summed E-state index contributed by atoms with van der Waals surface area (Å²) in [6.07, 6.45) is 1.86. The van der Waals surface area contributed by atoms with Crippen molar-refractivity contribution in [2.24, 2.45) is 0 Å². The smallest absolute Gasteiger partial charge is 0.0843 e. The largest absolute Gasteiger partial charge is 0.249 e. The zero-order chi connectivity index (χ0) is 11.4. The molecule has 1 aromatic carbocycles. The van der Waals surface area contributed by atoms with Crippen molar-refractivity contribution in [2.45, 2.75) is 25.7 Å². The highest BCUT2D eigenvalue weighted by atomic mass is 32.2. The van der Waals surface area contributed by atoms with E-state index >= 15 is 0 Å². The van der Waals surface area contributed by atoms with Gasteiger partial charge in [0.2, 0.25) is 0 Å². The molecular weight excluding hydrogens is 204 g/mol. The van der Waals surface area contributed by atoms with Crippen molar-refractivity contribution in [3.05, 3.63) is 53.0 Å². The summed E-state index contributed by atoms with van der Waals surface area (Å²) in [6, 6.07) is 7.69. The molecule has 0 aliphatic heterocycles. The van der Waals surface area contributed by atoms with Gasteiger partial charge in [-0.2, -0.15) is 0 Å². The summed E-state index contributed by atoms with van der Waals surface area (Å²) < 4.78 is 12.0. The lowest BCUT2D eigenvalue weighted by Gasteiger charge is -2.02. The van der Waals surface area contributed by atoms with Gasteiger partial charge in [-0.25, -0.2) is 4.21 Å². The minimum absolute atomic E-state index is 0.652. The fourth-order valence-corrected chi connectivity index (χ4v) is 2.22. The molecule has 0 N–H and O–H groups in total. The third-order valence-electron chi connectivity index (χ3n) is 1.92. The summed E-state index contributed by atoms with van der Waals surface area (Å²) in [5.41, 5.74) is 2.28. The molecule has 0 bridgehead atoms. The zero-order valence-electron chi connectivity index (χ0n) is 9.41. The second kappa shape index (κ2) is 5.08. The first-order valence-electron chi connectivity index (χ1n) is 4.83. The highest BCUT2D eigenvalue weighted by molar-refractivity contribution is 7.89. The van der Waals surface area contributed by atoms with Crippen LogP contribution in [-0.2, 0) is 10.8 Å². The molecule has 15 heavy (non-hydrogen) atoms. The third-order valence-corrected chi connectivity index (χ3v) is 3.22. The third kappa shape index (κ3) is 3.48. The van der Waals surface area contributed by atoms with Crippen molar-refractivity contribution >= 4 is 10.8 Å². The molecule has 1 aromatic rings. The van der Waals surface area contributed by atoms with Gasteiger partial charge in [0.25, 0.3) is 0 Å². The maximum absolute atomic E-state index is 12.0. The molecule has 1 rings (SSSR count). The maximum atomic E-state index is 12.0. The van der Waals surface area contributed by atoms with Crippen molar-refractivity contribution in [3.63, 3.8) is 0 Å². The quantitative estimate of drug-likeness (QED) is 0.711. The fourth-order valence-electron chi connectivity index (χ4n) is 1.19. The highest BCUT2D eigenvalue weighted by Crippen LogP contribution is 2.15. The normalized spacial score (nSPS) is 11.9. The van der Waals surface area contributed by atoms with Crippen LogP contribution in [0.25, 0.3) is 0 Å². The Kier molecular flexibility index (Phi) is 4.04. The lowest BCUT2D eigenvalue weighted by atomic mass is 10.2. The van der Waals surface area contributed by atoms with Gasteiger partial charge < -0.3 is 0 Å². The molecule has 0 saturated heterocycles. The van der Waals surface area contributed by atoms with Crippen LogP contribution in [0, 0.1) is 6.92 Å². The van der Waals surface area contributed by atoms with Crippen molar-refractivity contribution in [1.29, 1.82) is 0 Å². The van der Waals surface area contributed by atoms with Crippen molar-refractivity contribution < 1.29 is 4.21 Å². The Morgan fingerprint density at radius 3 is 2.27 bits per heavy atom. The number of aryl methyl sites for hydroxylation is 1. The Labute approximate surface area is 94.0 Å². The standard InChI is InChI=1S/C13H16OS/c1-10(2)9-12(4)15(14)13-7-5-11(3)6-8-13/h5-9H,4H2,1-3H3. The summed E-state index contributed by atoms with van der Waals surface area (Å²) in [4.78, 5) is 1.46. The molecule has 0 saturated carbocycles. The molecule has 2 heteroatoms. The predicted molar refractivity (Wildman–Crippen MR) is 66.2 cm³/mol. The number of hydrogen-bond acceptors (Lipinski definition) is 1. The highest BCUT2D eigenvalue weighted by Gasteiger charge is 2.05.